The number of pyridine rings is 2. The Hall–Kier alpha value is -4.98. The Bertz CT molecular complexity index is 1560. The number of carbonyl (C=O) groups is 2. The largest absolute Gasteiger partial charge is 0.398 e. The SMILES string of the molecule is Cc1cc(N)c2cc(NC(=O)c3cccc(C(=O)Nc4ccc5nc(C)cc(N)c5c4)c3)ccc2n1. The Balaban J connectivity index is 1.34. The highest BCUT2D eigenvalue weighted by molar-refractivity contribution is 6.10. The van der Waals surface area contributed by atoms with E-state index < -0.39 is 0 Å². The highest BCUT2D eigenvalue weighted by Gasteiger charge is 2.13. The van der Waals surface area contributed by atoms with Crippen LogP contribution in [-0.2, 0) is 0 Å². The minimum atomic E-state index is -0.345. The maximum absolute atomic E-state index is 12.9. The molecule has 0 bridgehead atoms. The van der Waals surface area contributed by atoms with Crippen LogP contribution in [0.15, 0.2) is 72.8 Å². The number of nitrogens with two attached hydrogens (primary N) is 2. The van der Waals surface area contributed by atoms with Gasteiger partial charge in [-0.3, -0.25) is 19.6 Å². The highest BCUT2D eigenvalue weighted by Crippen LogP contribution is 2.26. The summed E-state index contributed by atoms with van der Waals surface area (Å²) in [5, 5.41) is 7.24. The van der Waals surface area contributed by atoms with Crippen molar-refractivity contribution in [2.75, 3.05) is 22.1 Å². The molecule has 36 heavy (non-hydrogen) atoms. The van der Waals surface area contributed by atoms with Crippen molar-refractivity contribution in [2.45, 2.75) is 13.8 Å². The van der Waals surface area contributed by atoms with Crippen molar-refractivity contribution in [2.24, 2.45) is 0 Å². The summed E-state index contributed by atoms with van der Waals surface area (Å²) < 4.78 is 0. The third-order valence-corrected chi connectivity index (χ3v) is 5.84. The van der Waals surface area contributed by atoms with E-state index in [1.54, 1.807) is 60.7 Å². The number of hydrogen-bond acceptors (Lipinski definition) is 6. The van der Waals surface area contributed by atoms with Crippen molar-refractivity contribution in [3.8, 4) is 0 Å². The van der Waals surface area contributed by atoms with Gasteiger partial charge in [0.05, 0.1) is 11.0 Å². The summed E-state index contributed by atoms with van der Waals surface area (Å²) in [6.07, 6.45) is 0. The molecule has 178 valence electrons. The van der Waals surface area contributed by atoms with Crippen LogP contribution in [0.4, 0.5) is 22.7 Å². The van der Waals surface area contributed by atoms with Crippen molar-refractivity contribution in [3.05, 3.63) is 95.3 Å². The first-order valence-electron chi connectivity index (χ1n) is 11.3. The molecule has 3 aromatic carbocycles. The number of benzene rings is 3. The minimum Gasteiger partial charge on any atom is -0.398 e. The van der Waals surface area contributed by atoms with Crippen LogP contribution in [0.1, 0.15) is 32.1 Å². The number of anilines is 4. The Morgan fingerprint density at radius 3 is 1.53 bits per heavy atom. The summed E-state index contributed by atoms with van der Waals surface area (Å²) in [5.41, 5.74) is 18.4. The second kappa shape index (κ2) is 8.99. The average molecular weight is 477 g/mol. The van der Waals surface area contributed by atoms with E-state index in [4.69, 9.17) is 11.5 Å². The Morgan fingerprint density at radius 1 is 0.639 bits per heavy atom. The van der Waals surface area contributed by atoms with Crippen molar-refractivity contribution in [1.29, 1.82) is 0 Å². The predicted molar refractivity (Wildman–Crippen MR) is 144 cm³/mol. The number of hydrogen-bond donors (Lipinski definition) is 4. The van der Waals surface area contributed by atoms with E-state index in [1.807, 2.05) is 26.0 Å². The van der Waals surface area contributed by atoms with Gasteiger partial charge >= 0.3 is 0 Å². The zero-order chi connectivity index (χ0) is 25.4. The van der Waals surface area contributed by atoms with Gasteiger partial charge in [-0.2, -0.15) is 0 Å². The number of fused-ring (bicyclic) bond motifs is 2. The fourth-order valence-electron chi connectivity index (χ4n) is 4.14. The van der Waals surface area contributed by atoms with Crippen LogP contribution < -0.4 is 22.1 Å². The molecule has 2 amide bonds. The van der Waals surface area contributed by atoms with E-state index >= 15 is 0 Å². The van der Waals surface area contributed by atoms with Gasteiger partial charge in [-0.05, 0) is 80.6 Å². The quantitative estimate of drug-likeness (QED) is 0.286. The molecule has 0 unspecified atom stereocenters. The minimum absolute atomic E-state index is 0.345. The fourth-order valence-corrected chi connectivity index (χ4v) is 4.14. The van der Waals surface area contributed by atoms with Crippen LogP contribution in [0.3, 0.4) is 0 Å². The Morgan fingerprint density at radius 2 is 1.08 bits per heavy atom. The van der Waals surface area contributed by atoms with Crippen LogP contribution in [0.25, 0.3) is 21.8 Å². The van der Waals surface area contributed by atoms with E-state index in [1.165, 1.54) is 0 Å². The van der Waals surface area contributed by atoms with Crippen LogP contribution in [0, 0.1) is 13.8 Å². The molecule has 5 aromatic rings. The highest BCUT2D eigenvalue weighted by atomic mass is 16.2. The first-order valence-corrected chi connectivity index (χ1v) is 11.3. The molecule has 0 saturated carbocycles. The monoisotopic (exact) mass is 476 g/mol. The van der Waals surface area contributed by atoms with Crippen LogP contribution in [0.5, 0.6) is 0 Å². The molecular formula is C28H24N6O2. The summed E-state index contributed by atoms with van der Waals surface area (Å²) >= 11 is 0. The van der Waals surface area contributed by atoms with E-state index in [0.29, 0.717) is 33.9 Å². The predicted octanol–water partition coefficient (Wildman–Crippen LogP) is 5.07. The van der Waals surface area contributed by atoms with Gasteiger partial charge in [0.2, 0.25) is 0 Å². The van der Waals surface area contributed by atoms with Crippen molar-refractivity contribution in [1.82, 2.24) is 9.97 Å². The van der Waals surface area contributed by atoms with Gasteiger partial charge in [-0.15, -0.1) is 0 Å². The van der Waals surface area contributed by atoms with E-state index in [2.05, 4.69) is 20.6 Å². The molecular weight excluding hydrogens is 452 g/mol. The molecule has 0 fully saturated rings. The number of nitrogens with zero attached hydrogens (tertiary/aromatic N) is 2. The van der Waals surface area contributed by atoms with Crippen molar-refractivity contribution >= 4 is 56.4 Å². The molecule has 0 spiro atoms. The van der Waals surface area contributed by atoms with Crippen LogP contribution in [0.2, 0.25) is 0 Å². The number of nitrogens with one attached hydrogen (secondary N) is 2. The molecule has 0 atom stereocenters. The Labute approximate surface area is 207 Å². The van der Waals surface area contributed by atoms with Gasteiger partial charge in [0.25, 0.3) is 11.8 Å². The summed E-state index contributed by atoms with van der Waals surface area (Å²) in [7, 11) is 0. The standard InChI is InChI=1S/C28H24N6O2/c1-15-10-23(29)21-13-19(6-8-25(21)31-15)33-27(35)17-4-3-5-18(12-17)28(36)34-20-7-9-26-22(14-20)24(30)11-16(2)32-26/h3-14H,1-2H3,(H2,29,31)(H2,30,32)(H,33,35)(H,34,36). The molecule has 0 aliphatic heterocycles. The van der Waals surface area contributed by atoms with Gasteiger partial charge in [-0.1, -0.05) is 6.07 Å². The lowest BCUT2D eigenvalue weighted by atomic mass is 10.1. The zero-order valence-electron chi connectivity index (χ0n) is 19.8. The second-order valence-corrected chi connectivity index (χ2v) is 8.66. The third-order valence-electron chi connectivity index (χ3n) is 5.84. The lowest BCUT2D eigenvalue weighted by Gasteiger charge is -2.10. The van der Waals surface area contributed by atoms with E-state index in [-0.39, 0.29) is 11.8 Å². The van der Waals surface area contributed by atoms with Crippen molar-refractivity contribution in [3.63, 3.8) is 0 Å². The van der Waals surface area contributed by atoms with Gasteiger partial charge in [0, 0.05) is 56.0 Å². The molecule has 0 aliphatic rings. The number of carbonyl (C=O) groups excluding carboxylic acids is 2. The molecule has 0 radical (unpaired) electrons. The van der Waals surface area contributed by atoms with Crippen molar-refractivity contribution < 1.29 is 9.59 Å². The number of rotatable bonds is 4. The summed E-state index contributed by atoms with van der Waals surface area (Å²) in [4.78, 5) is 34.8. The van der Waals surface area contributed by atoms with Crippen LogP contribution in [-0.4, -0.2) is 21.8 Å². The smallest absolute Gasteiger partial charge is 0.255 e. The molecule has 0 saturated heterocycles. The van der Waals surface area contributed by atoms with Gasteiger partial charge in [0.1, 0.15) is 0 Å². The topological polar surface area (TPSA) is 136 Å². The average Bonchev–Trinajstić information content (AvgIpc) is 2.84. The number of nitrogen functional groups attached to an aromatic ring is 2. The summed E-state index contributed by atoms with van der Waals surface area (Å²) in [5.74, 6) is -0.690. The number of aromatic nitrogens is 2. The molecule has 8 nitrogen and oxygen atoms in total. The normalized spacial score (nSPS) is 10.9. The molecule has 8 heteroatoms. The summed E-state index contributed by atoms with van der Waals surface area (Å²) in [6.45, 7) is 3.75. The lowest BCUT2D eigenvalue weighted by molar-refractivity contribution is 0.102. The number of aryl methyl sites for hydroxylation is 2. The molecule has 2 aromatic heterocycles. The van der Waals surface area contributed by atoms with Gasteiger partial charge in [0.15, 0.2) is 0 Å². The third kappa shape index (κ3) is 4.52. The van der Waals surface area contributed by atoms with Gasteiger partial charge < -0.3 is 22.1 Å². The van der Waals surface area contributed by atoms with Gasteiger partial charge in [-0.25, -0.2) is 0 Å². The van der Waals surface area contributed by atoms with E-state index in [9.17, 15) is 9.59 Å². The molecule has 2 heterocycles. The maximum Gasteiger partial charge on any atom is 0.255 e. The molecule has 6 N–H and O–H groups in total. The number of amides is 2. The fraction of sp³-hybridized carbons (Fsp3) is 0.0714. The maximum atomic E-state index is 12.9. The Kier molecular flexibility index (Phi) is 5.69. The zero-order valence-corrected chi connectivity index (χ0v) is 19.8. The molecule has 0 aliphatic carbocycles. The molecule has 5 rings (SSSR count). The second-order valence-electron chi connectivity index (χ2n) is 8.66. The summed E-state index contributed by atoms with van der Waals surface area (Å²) in [6, 6.07) is 20.8. The van der Waals surface area contributed by atoms with E-state index in [0.717, 1.165) is 33.2 Å². The lowest BCUT2D eigenvalue weighted by Crippen LogP contribution is -2.15. The first-order chi connectivity index (χ1) is 17.3. The first kappa shape index (κ1) is 22.8. The van der Waals surface area contributed by atoms with Crippen LogP contribution >= 0.6 is 0 Å².